The van der Waals surface area contributed by atoms with Crippen molar-refractivity contribution in [2.24, 2.45) is 4.99 Å². The van der Waals surface area contributed by atoms with Gasteiger partial charge in [0.15, 0.2) is 5.96 Å². The largest absolute Gasteiger partial charge is 0.481 e. The highest BCUT2D eigenvalue weighted by atomic mass is 127. The molecule has 5 nitrogen and oxygen atoms in total. The van der Waals surface area contributed by atoms with E-state index in [1.807, 2.05) is 12.1 Å². The van der Waals surface area contributed by atoms with Gasteiger partial charge in [-0.25, -0.2) is 4.98 Å². The van der Waals surface area contributed by atoms with Gasteiger partial charge in [0.1, 0.15) is 0 Å². The van der Waals surface area contributed by atoms with Crippen LogP contribution in [0.4, 0.5) is 0 Å². The molecule has 7 heteroatoms. The van der Waals surface area contributed by atoms with Crippen LogP contribution >= 0.6 is 35.7 Å². The van der Waals surface area contributed by atoms with Gasteiger partial charge >= 0.3 is 0 Å². The average Bonchev–Trinajstić information content (AvgIpc) is 2.62. The smallest absolute Gasteiger partial charge is 0.218 e. The predicted molar refractivity (Wildman–Crippen MR) is 116 cm³/mol. The molecule has 0 aliphatic rings. The molecule has 1 heterocycles. The van der Waals surface area contributed by atoms with Gasteiger partial charge in [0.05, 0.1) is 7.11 Å². The SMILES string of the molecule is CN=C(NCc1ccc(C)cc1SC)NCc1cccnc1OC.I. The molecule has 0 atom stereocenters. The molecule has 0 spiro atoms. The Morgan fingerprint density at radius 2 is 1.92 bits per heavy atom. The second-order valence-corrected chi connectivity index (χ2v) is 6.11. The number of methoxy groups -OCH3 is 1. The van der Waals surface area contributed by atoms with Crippen molar-refractivity contribution in [3.8, 4) is 5.88 Å². The zero-order chi connectivity index (χ0) is 17.4. The van der Waals surface area contributed by atoms with Crippen molar-refractivity contribution in [1.29, 1.82) is 0 Å². The normalized spacial score (nSPS) is 10.8. The molecule has 1 aromatic heterocycles. The van der Waals surface area contributed by atoms with Crippen LogP contribution in [0.5, 0.6) is 5.88 Å². The topological polar surface area (TPSA) is 58.5 Å². The minimum absolute atomic E-state index is 0. The molecule has 0 aliphatic carbocycles. The monoisotopic (exact) mass is 472 g/mol. The summed E-state index contributed by atoms with van der Waals surface area (Å²) in [6.45, 7) is 3.43. The summed E-state index contributed by atoms with van der Waals surface area (Å²) in [5.74, 6) is 1.37. The second-order valence-electron chi connectivity index (χ2n) is 5.27. The number of halogens is 1. The van der Waals surface area contributed by atoms with Gasteiger partial charge in [-0.2, -0.15) is 0 Å². The van der Waals surface area contributed by atoms with Crippen molar-refractivity contribution in [3.05, 3.63) is 53.2 Å². The van der Waals surface area contributed by atoms with E-state index >= 15 is 0 Å². The fourth-order valence-corrected chi connectivity index (χ4v) is 3.02. The molecule has 0 radical (unpaired) electrons. The van der Waals surface area contributed by atoms with Crippen LogP contribution in [-0.4, -0.2) is 31.4 Å². The zero-order valence-corrected chi connectivity index (χ0v) is 18.1. The number of ether oxygens (including phenoxy) is 1. The number of aliphatic imine (C=N–C) groups is 1. The molecule has 25 heavy (non-hydrogen) atoms. The number of nitrogens with one attached hydrogen (secondary N) is 2. The Morgan fingerprint density at radius 3 is 2.56 bits per heavy atom. The molecule has 136 valence electrons. The Morgan fingerprint density at radius 1 is 1.20 bits per heavy atom. The average molecular weight is 472 g/mol. The molecule has 0 saturated carbocycles. The Kier molecular flexibility index (Phi) is 9.66. The molecule has 1 aromatic carbocycles. The third-order valence-corrected chi connectivity index (χ3v) is 4.42. The van der Waals surface area contributed by atoms with Crippen LogP contribution in [0.2, 0.25) is 0 Å². The van der Waals surface area contributed by atoms with E-state index < -0.39 is 0 Å². The van der Waals surface area contributed by atoms with Gasteiger partial charge in [0.25, 0.3) is 0 Å². The van der Waals surface area contributed by atoms with Crippen LogP contribution in [0, 0.1) is 6.92 Å². The maximum atomic E-state index is 5.27. The highest BCUT2D eigenvalue weighted by molar-refractivity contribution is 14.0. The van der Waals surface area contributed by atoms with Crippen molar-refractivity contribution < 1.29 is 4.74 Å². The Labute approximate surface area is 171 Å². The van der Waals surface area contributed by atoms with Crippen molar-refractivity contribution >= 4 is 41.7 Å². The van der Waals surface area contributed by atoms with Gasteiger partial charge in [-0.15, -0.1) is 35.7 Å². The lowest BCUT2D eigenvalue weighted by atomic mass is 10.1. The molecular formula is C18H25IN4OS. The number of thioether (sulfide) groups is 1. The summed E-state index contributed by atoms with van der Waals surface area (Å²) in [6.07, 6.45) is 3.82. The standard InChI is InChI=1S/C18H24N4OS.HI/c1-13-7-8-14(16(10-13)24-4)11-21-18(19-2)22-12-15-6-5-9-20-17(15)23-3;/h5-10H,11-12H2,1-4H3,(H2,19,21,22);1H. The van der Waals surface area contributed by atoms with Gasteiger partial charge in [-0.05, 0) is 36.4 Å². The molecule has 0 amide bonds. The fourth-order valence-electron chi connectivity index (χ4n) is 2.32. The molecule has 0 fully saturated rings. The Balaban J connectivity index is 0.00000312. The summed E-state index contributed by atoms with van der Waals surface area (Å²) in [6, 6.07) is 10.4. The first-order valence-corrected chi connectivity index (χ1v) is 8.96. The molecule has 2 N–H and O–H groups in total. The first-order chi connectivity index (χ1) is 11.7. The van der Waals surface area contributed by atoms with Crippen LogP contribution in [0.3, 0.4) is 0 Å². The first-order valence-electron chi connectivity index (χ1n) is 7.73. The maximum Gasteiger partial charge on any atom is 0.218 e. The Bertz CT molecular complexity index is 709. The van der Waals surface area contributed by atoms with Crippen molar-refractivity contribution in [3.63, 3.8) is 0 Å². The van der Waals surface area contributed by atoms with Crippen molar-refractivity contribution in [2.75, 3.05) is 20.4 Å². The zero-order valence-electron chi connectivity index (χ0n) is 15.0. The number of nitrogens with zero attached hydrogens (tertiary/aromatic N) is 2. The second kappa shape index (κ2) is 11.2. The van der Waals surface area contributed by atoms with Gasteiger partial charge in [0.2, 0.25) is 5.88 Å². The molecule has 0 aliphatic heterocycles. The third-order valence-electron chi connectivity index (χ3n) is 3.60. The van der Waals surface area contributed by atoms with E-state index in [0.717, 1.165) is 18.1 Å². The molecule has 0 bridgehead atoms. The highest BCUT2D eigenvalue weighted by Crippen LogP contribution is 2.21. The summed E-state index contributed by atoms with van der Waals surface area (Å²) in [7, 11) is 3.39. The number of aromatic nitrogens is 1. The van der Waals surface area contributed by atoms with Crippen LogP contribution in [0.15, 0.2) is 46.4 Å². The van der Waals surface area contributed by atoms with Crippen LogP contribution < -0.4 is 15.4 Å². The van der Waals surface area contributed by atoms with E-state index in [1.165, 1.54) is 16.0 Å². The highest BCUT2D eigenvalue weighted by Gasteiger charge is 2.06. The number of pyridine rings is 1. The van der Waals surface area contributed by atoms with E-state index in [9.17, 15) is 0 Å². The van der Waals surface area contributed by atoms with Gasteiger partial charge in [-0.1, -0.05) is 18.2 Å². The van der Waals surface area contributed by atoms with Gasteiger partial charge < -0.3 is 15.4 Å². The number of rotatable bonds is 6. The van der Waals surface area contributed by atoms with E-state index in [1.54, 1.807) is 32.1 Å². The predicted octanol–water partition coefficient (Wildman–Crippen LogP) is 3.60. The Hall–Kier alpha value is -1.48. The maximum absolute atomic E-state index is 5.27. The summed E-state index contributed by atoms with van der Waals surface area (Å²) >= 11 is 1.76. The molecular weight excluding hydrogens is 447 g/mol. The van der Waals surface area contributed by atoms with E-state index in [4.69, 9.17) is 4.74 Å². The van der Waals surface area contributed by atoms with Crippen LogP contribution in [0.1, 0.15) is 16.7 Å². The number of hydrogen-bond acceptors (Lipinski definition) is 4. The quantitative estimate of drug-likeness (QED) is 0.291. The molecule has 0 saturated heterocycles. The molecule has 2 aromatic rings. The molecule has 2 rings (SSSR count). The van der Waals surface area contributed by atoms with Gasteiger partial charge in [-0.3, -0.25) is 4.99 Å². The number of aryl methyl sites for hydroxylation is 1. The third kappa shape index (κ3) is 6.39. The van der Waals surface area contributed by atoms with Gasteiger partial charge in [0, 0.05) is 36.8 Å². The van der Waals surface area contributed by atoms with Crippen molar-refractivity contribution in [1.82, 2.24) is 15.6 Å². The summed E-state index contributed by atoms with van der Waals surface area (Å²) < 4.78 is 5.27. The fraction of sp³-hybridized carbons (Fsp3) is 0.333. The number of guanidine groups is 1. The lowest BCUT2D eigenvalue weighted by Gasteiger charge is -2.14. The van der Waals surface area contributed by atoms with Crippen LogP contribution in [-0.2, 0) is 13.1 Å². The number of benzene rings is 1. The molecule has 0 unspecified atom stereocenters. The van der Waals surface area contributed by atoms with E-state index in [0.29, 0.717) is 12.4 Å². The summed E-state index contributed by atoms with van der Waals surface area (Å²) in [4.78, 5) is 9.76. The van der Waals surface area contributed by atoms with Crippen molar-refractivity contribution in [2.45, 2.75) is 24.9 Å². The lowest BCUT2D eigenvalue weighted by molar-refractivity contribution is 0.392. The lowest BCUT2D eigenvalue weighted by Crippen LogP contribution is -2.36. The van der Waals surface area contributed by atoms with E-state index in [2.05, 4.69) is 52.0 Å². The minimum atomic E-state index is 0. The summed E-state index contributed by atoms with van der Waals surface area (Å²) in [5.41, 5.74) is 3.52. The first kappa shape index (κ1) is 21.6. The number of hydrogen-bond donors (Lipinski definition) is 2. The van der Waals surface area contributed by atoms with E-state index in [-0.39, 0.29) is 24.0 Å². The summed E-state index contributed by atoms with van der Waals surface area (Å²) in [5, 5.41) is 6.64. The minimum Gasteiger partial charge on any atom is -0.481 e. The van der Waals surface area contributed by atoms with Crippen LogP contribution in [0.25, 0.3) is 0 Å².